The van der Waals surface area contributed by atoms with E-state index in [0.717, 1.165) is 16.8 Å². The Balaban J connectivity index is 2.16. The summed E-state index contributed by atoms with van der Waals surface area (Å²) in [4.78, 5) is 16.3. The molecule has 0 bridgehead atoms. The fraction of sp³-hybridized carbons (Fsp3) is 0.133. The van der Waals surface area contributed by atoms with Crippen molar-refractivity contribution < 1.29 is 9.53 Å². The quantitative estimate of drug-likeness (QED) is 0.733. The van der Waals surface area contributed by atoms with Crippen LogP contribution in [-0.2, 0) is 0 Å². The lowest BCUT2D eigenvalue weighted by atomic mass is 10.2. The molecule has 3 aromatic heterocycles. The van der Waals surface area contributed by atoms with Crippen molar-refractivity contribution >= 4 is 22.8 Å². The van der Waals surface area contributed by atoms with Crippen LogP contribution in [0.2, 0.25) is 0 Å². The van der Waals surface area contributed by atoms with Crippen LogP contribution in [0.25, 0.3) is 16.1 Å². The minimum Gasteiger partial charge on any atom is -0.472 e. The second-order valence-corrected chi connectivity index (χ2v) is 5.61. The molecule has 0 aliphatic rings. The first-order valence-corrected chi connectivity index (χ1v) is 7.42. The lowest BCUT2D eigenvalue weighted by Crippen LogP contribution is -2.10. The fourth-order valence-electron chi connectivity index (χ4n) is 2.19. The molecule has 6 nitrogen and oxygen atoms in total. The predicted molar refractivity (Wildman–Crippen MR) is 85.2 cm³/mol. The average molecular weight is 314 g/mol. The molecule has 0 radical (unpaired) electrons. The van der Waals surface area contributed by atoms with Crippen molar-refractivity contribution in [2.24, 2.45) is 5.73 Å². The highest BCUT2D eigenvalue weighted by Gasteiger charge is 2.21. The SMILES string of the molecule is C=CCOc1nc(-c2c(C)nn3ccccc23)sc1C(N)=O. The number of hydrogen-bond acceptors (Lipinski definition) is 5. The average Bonchev–Trinajstić information content (AvgIpc) is 3.04. The number of aromatic nitrogens is 3. The fourth-order valence-corrected chi connectivity index (χ4v) is 3.15. The van der Waals surface area contributed by atoms with Crippen molar-refractivity contribution in [3.8, 4) is 16.5 Å². The number of primary amides is 1. The van der Waals surface area contributed by atoms with Crippen LogP contribution >= 0.6 is 11.3 Å². The standard InChI is InChI=1S/C15H14N4O2S/c1-3-8-21-14-12(13(16)20)22-15(17-14)11-9(2)18-19-7-5-4-6-10(11)19/h3-7H,1,8H2,2H3,(H2,16,20). The summed E-state index contributed by atoms with van der Waals surface area (Å²) < 4.78 is 7.21. The first-order chi connectivity index (χ1) is 10.6. The smallest absolute Gasteiger partial charge is 0.264 e. The van der Waals surface area contributed by atoms with E-state index in [2.05, 4.69) is 16.7 Å². The van der Waals surface area contributed by atoms with Gasteiger partial charge in [-0.3, -0.25) is 4.79 Å². The minimum absolute atomic E-state index is 0.238. The van der Waals surface area contributed by atoms with E-state index < -0.39 is 5.91 Å². The number of nitrogens with two attached hydrogens (primary N) is 1. The molecule has 22 heavy (non-hydrogen) atoms. The van der Waals surface area contributed by atoms with E-state index in [-0.39, 0.29) is 12.5 Å². The van der Waals surface area contributed by atoms with E-state index in [9.17, 15) is 4.79 Å². The molecule has 112 valence electrons. The zero-order valence-electron chi connectivity index (χ0n) is 11.9. The maximum Gasteiger partial charge on any atom is 0.264 e. The van der Waals surface area contributed by atoms with E-state index in [1.54, 1.807) is 10.6 Å². The molecule has 0 atom stereocenters. The zero-order valence-corrected chi connectivity index (χ0v) is 12.8. The van der Waals surface area contributed by atoms with Gasteiger partial charge in [0, 0.05) is 6.20 Å². The van der Waals surface area contributed by atoms with Crippen LogP contribution in [0, 0.1) is 6.92 Å². The van der Waals surface area contributed by atoms with E-state index in [1.807, 2.05) is 31.3 Å². The van der Waals surface area contributed by atoms with Crippen LogP contribution < -0.4 is 10.5 Å². The van der Waals surface area contributed by atoms with Crippen molar-refractivity contribution in [1.82, 2.24) is 14.6 Å². The molecule has 3 heterocycles. The number of thiazole rings is 1. The van der Waals surface area contributed by atoms with E-state index in [4.69, 9.17) is 10.5 Å². The Labute approximate surface area is 130 Å². The second-order valence-electron chi connectivity index (χ2n) is 4.61. The molecule has 3 aromatic rings. The summed E-state index contributed by atoms with van der Waals surface area (Å²) in [6.07, 6.45) is 3.45. The third kappa shape index (κ3) is 2.35. The minimum atomic E-state index is -0.558. The van der Waals surface area contributed by atoms with Gasteiger partial charge in [0.15, 0.2) is 4.88 Å². The summed E-state index contributed by atoms with van der Waals surface area (Å²) in [5.41, 5.74) is 8.03. The van der Waals surface area contributed by atoms with E-state index in [1.165, 1.54) is 11.3 Å². The number of nitrogens with zero attached hydrogens (tertiary/aromatic N) is 3. The monoisotopic (exact) mass is 314 g/mol. The van der Waals surface area contributed by atoms with Gasteiger partial charge < -0.3 is 10.5 Å². The molecule has 0 aliphatic heterocycles. The van der Waals surface area contributed by atoms with Crippen molar-refractivity contribution in [2.45, 2.75) is 6.92 Å². The molecule has 0 aliphatic carbocycles. The molecule has 1 amide bonds. The Morgan fingerprint density at radius 3 is 3.09 bits per heavy atom. The first kappa shape index (κ1) is 14.3. The zero-order chi connectivity index (χ0) is 15.7. The lowest BCUT2D eigenvalue weighted by Gasteiger charge is -1.99. The van der Waals surface area contributed by atoms with Crippen LogP contribution in [0.4, 0.5) is 0 Å². The van der Waals surface area contributed by atoms with Gasteiger partial charge in [-0.2, -0.15) is 5.10 Å². The summed E-state index contributed by atoms with van der Waals surface area (Å²) in [5, 5.41) is 5.10. The molecule has 7 heteroatoms. The van der Waals surface area contributed by atoms with E-state index in [0.29, 0.717) is 9.88 Å². The van der Waals surface area contributed by atoms with Crippen LogP contribution in [0.3, 0.4) is 0 Å². The Morgan fingerprint density at radius 1 is 1.55 bits per heavy atom. The Kier molecular flexibility index (Phi) is 3.64. The molecular formula is C15H14N4O2S. The topological polar surface area (TPSA) is 82.5 Å². The largest absolute Gasteiger partial charge is 0.472 e. The van der Waals surface area contributed by atoms with Gasteiger partial charge in [-0.15, -0.1) is 11.3 Å². The predicted octanol–water partition coefficient (Wildman–Crippen LogP) is 2.43. The van der Waals surface area contributed by atoms with Crippen LogP contribution in [0.15, 0.2) is 37.1 Å². The summed E-state index contributed by atoms with van der Waals surface area (Å²) in [6.45, 7) is 5.74. The van der Waals surface area contributed by atoms with Gasteiger partial charge in [-0.25, -0.2) is 9.50 Å². The Morgan fingerprint density at radius 2 is 2.36 bits per heavy atom. The van der Waals surface area contributed by atoms with Crippen LogP contribution in [0.5, 0.6) is 5.88 Å². The highest BCUT2D eigenvalue weighted by molar-refractivity contribution is 7.17. The Bertz CT molecular complexity index is 866. The number of rotatable bonds is 5. The molecule has 2 N–H and O–H groups in total. The molecule has 0 saturated heterocycles. The molecule has 0 unspecified atom stereocenters. The third-order valence-corrected chi connectivity index (χ3v) is 4.16. The Hall–Kier alpha value is -2.67. The normalized spacial score (nSPS) is 10.8. The summed E-state index contributed by atoms with van der Waals surface area (Å²) in [7, 11) is 0. The molecule has 3 rings (SSSR count). The number of hydrogen-bond donors (Lipinski definition) is 1. The molecule has 0 saturated carbocycles. The summed E-state index contributed by atoms with van der Waals surface area (Å²) >= 11 is 1.21. The maximum absolute atomic E-state index is 11.6. The van der Waals surface area contributed by atoms with Gasteiger partial charge >= 0.3 is 0 Å². The number of fused-ring (bicyclic) bond motifs is 1. The van der Waals surface area contributed by atoms with Gasteiger partial charge in [0.1, 0.15) is 11.6 Å². The second kappa shape index (κ2) is 5.61. The van der Waals surface area contributed by atoms with Crippen molar-refractivity contribution in [2.75, 3.05) is 6.61 Å². The van der Waals surface area contributed by atoms with Gasteiger partial charge in [0.2, 0.25) is 5.88 Å². The van der Waals surface area contributed by atoms with Gasteiger partial charge in [0.25, 0.3) is 5.91 Å². The molecule has 0 fully saturated rings. The van der Waals surface area contributed by atoms with Crippen molar-refractivity contribution in [3.63, 3.8) is 0 Å². The number of aryl methyl sites for hydroxylation is 1. The summed E-state index contributed by atoms with van der Waals surface area (Å²) in [5.74, 6) is -0.320. The lowest BCUT2D eigenvalue weighted by molar-refractivity contribution is 0.100. The van der Waals surface area contributed by atoms with E-state index >= 15 is 0 Å². The van der Waals surface area contributed by atoms with Crippen LogP contribution in [-0.4, -0.2) is 27.1 Å². The number of amides is 1. The van der Waals surface area contributed by atoms with Crippen molar-refractivity contribution in [3.05, 3.63) is 47.6 Å². The number of pyridine rings is 1. The highest BCUT2D eigenvalue weighted by Crippen LogP contribution is 2.36. The molecule has 0 aromatic carbocycles. The number of ether oxygens (including phenoxy) is 1. The van der Waals surface area contributed by atoms with Crippen LogP contribution in [0.1, 0.15) is 15.4 Å². The van der Waals surface area contributed by atoms with Crippen molar-refractivity contribution in [1.29, 1.82) is 0 Å². The third-order valence-electron chi connectivity index (χ3n) is 3.09. The molecule has 0 spiro atoms. The molecular weight excluding hydrogens is 300 g/mol. The highest BCUT2D eigenvalue weighted by atomic mass is 32.1. The van der Waals surface area contributed by atoms with Gasteiger partial charge in [0.05, 0.1) is 16.8 Å². The number of carbonyl (C=O) groups excluding carboxylic acids is 1. The maximum atomic E-state index is 11.6. The van der Waals surface area contributed by atoms with Gasteiger partial charge in [-0.05, 0) is 19.1 Å². The summed E-state index contributed by atoms with van der Waals surface area (Å²) in [6, 6.07) is 5.78. The number of carbonyl (C=O) groups is 1. The first-order valence-electron chi connectivity index (χ1n) is 6.60. The van der Waals surface area contributed by atoms with Gasteiger partial charge in [-0.1, -0.05) is 18.7 Å².